The average Bonchev–Trinajstić information content (AvgIpc) is 2.99. The number of carbonyl (C=O) groups is 1. The number of aromatic amines is 3. The van der Waals surface area contributed by atoms with E-state index in [1.54, 1.807) is 13.0 Å². The first-order chi connectivity index (χ1) is 12.2. The average molecular weight is 382 g/mol. The summed E-state index contributed by atoms with van der Waals surface area (Å²) in [6.07, 6.45) is 0. The van der Waals surface area contributed by atoms with Crippen molar-refractivity contribution in [3.8, 4) is 0 Å². The van der Waals surface area contributed by atoms with Gasteiger partial charge in [-0.15, -0.1) is 0 Å². The van der Waals surface area contributed by atoms with Crippen molar-refractivity contribution >= 4 is 15.9 Å². The number of H-pyrrole nitrogens is 3. The second kappa shape index (κ2) is 6.53. The van der Waals surface area contributed by atoms with Crippen LogP contribution in [0, 0.1) is 13.8 Å². The van der Waals surface area contributed by atoms with Gasteiger partial charge in [0.1, 0.15) is 5.69 Å². The van der Waals surface area contributed by atoms with Crippen LogP contribution in [0.1, 0.15) is 21.9 Å². The van der Waals surface area contributed by atoms with Gasteiger partial charge in [0.2, 0.25) is 10.0 Å². The van der Waals surface area contributed by atoms with E-state index in [9.17, 15) is 22.8 Å². The highest BCUT2D eigenvalue weighted by molar-refractivity contribution is 7.89. The van der Waals surface area contributed by atoms with Crippen LogP contribution in [0.15, 0.2) is 20.6 Å². The molecule has 26 heavy (non-hydrogen) atoms. The van der Waals surface area contributed by atoms with Gasteiger partial charge in [0.15, 0.2) is 4.90 Å². The first-order valence-corrected chi connectivity index (χ1v) is 9.29. The maximum Gasteiger partial charge on any atom is 0.325 e. The molecule has 3 N–H and O–H groups in total. The number of sulfonamides is 1. The van der Waals surface area contributed by atoms with Crippen molar-refractivity contribution in [3.63, 3.8) is 0 Å². The highest BCUT2D eigenvalue weighted by Crippen LogP contribution is 2.17. The predicted octanol–water partition coefficient (Wildman–Crippen LogP) is -1.45. The topological polar surface area (TPSA) is 152 Å². The SMILES string of the molecule is Cc1cc(C(=O)N2CCN(S(=O)(=O)c3c(C)[nH]c(=O)[nH]c3=O)CC2)n[nH]1. The molecular weight excluding hydrogens is 364 g/mol. The van der Waals surface area contributed by atoms with Gasteiger partial charge in [-0.25, -0.2) is 13.2 Å². The minimum atomic E-state index is -4.09. The lowest BCUT2D eigenvalue weighted by Crippen LogP contribution is -2.51. The van der Waals surface area contributed by atoms with Crippen LogP contribution in [0.5, 0.6) is 0 Å². The number of nitrogens with zero attached hydrogens (tertiary/aromatic N) is 3. The fraction of sp³-hybridized carbons (Fsp3) is 0.429. The standard InChI is InChI=1S/C14H18N6O5S/c1-8-7-10(18-17-8)13(22)19-3-5-20(6-4-19)26(24,25)11-9(2)15-14(23)16-12(11)21/h7H,3-6H2,1-2H3,(H,17,18)(H2,15,16,21,23). The van der Waals surface area contributed by atoms with E-state index >= 15 is 0 Å². The minimum Gasteiger partial charge on any atom is -0.335 e. The van der Waals surface area contributed by atoms with Gasteiger partial charge in [0, 0.05) is 37.6 Å². The lowest BCUT2D eigenvalue weighted by atomic mass is 10.3. The molecule has 1 fully saturated rings. The van der Waals surface area contributed by atoms with Gasteiger partial charge < -0.3 is 9.88 Å². The molecule has 0 spiro atoms. The van der Waals surface area contributed by atoms with E-state index in [0.29, 0.717) is 0 Å². The second-order valence-corrected chi connectivity index (χ2v) is 7.87. The number of amides is 1. The molecule has 1 aliphatic heterocycles. The number of nitrogens with one attached hydrogen (secondary N) is 3. The Hall–Kier alpha value is -2.73. The van der Waals surface area contributed by atoms with Gasteiger partial charge in [-0.2, -0.15) is 9.40 Å². The lowest BCUT2D eigenvalue weighted by Gasteiger charge is -2.33. The number of hydrogen-bond donors (Lipinski definition) is 3. The van der Waals surface area contributed by atoms with Crippen molar-refractivity contribution in [1.82, 2.24) is 29.4 Å². The predicted molar refractivity (Wildman–Crippen MR) is 90.4 cm³/mol. The van der Waals surface area contributed by atoms with Crippen molar-refractivity contribution in [2.75, 3.05) is 26.2 Å². The Morgan fingerprint density at radius 1 is 1.12 bits per heavy atom. The van der Waals surface area contributed by atoms with Crippen molar-refractivity contribution in [3.05, 3.63) is 44.0 Å². The molecule has 0 atom stereocenters. The Balaban J connectivity index is 1.78. The Bertz CT molecular complexity index is 1060. The molecule has 12 heteroatoms. The molecule has 1 aliphatic rings. The van der Waals surface area contributed by atoms with Gasteiger partial charge >= 0.3 is 5.69 Å². The molecule has 140 valence electrons. The van der Waals surface area contributed by atoms with E-state index in [0.717, 1.165) is 10.00 Å². The summed E-state index contributed by atoms with van der Waals surface area (Å²) in [7, 11) is -4.09. The molecular formula is C14H18N6O5S. The fourth-order valence-corrected chi connectivity index (χ4v) is 4.47. The zero-order valence-corrected chi connectivity index (χ0v) is 15.0. The second-order valence-electron chi connectivity index (χ2n) is 5.99. The summed E-state index contributed by atoms with van der Waals surface area (Å²) in [6, 6.07) is 1.62. The number of hydrogen-bond acceptors (Lipinski definition) is 6. The molecule has 1 saturated heterocycles. The smallest absolute Gasteiger partial charge is 0.325 e. The highest BCUT2D eigenvalue weighted by Gasteiger charge is 2.34. The third kappa shape index (κ3) is 3.20. The summed E-state index contributed by atoms with van der Waals surface area (Å²) >= 11 is 0. The zero-order valence-electron chi connectivity index (χ0n) is 14.2. The van der Waals surface area contributed by atoms with Crippen LogP contribution in [-0.4, -0.2) is 69.9 Å². The van der Waals surface area contributed by atoms with Crippen LogP contribution < -0.4 is 11.2 Å². The Kier molecular flexibility index (Phi) is 4.54. The van der Waals surface area contributed by atoms with Crippen molar-refractivity contribution in [2.45, 2.75) is 18.7 Å². The van der Waals surface area contributed by atoms with Gasteiger partial charge in [-0.3, -0.25) is 19.7 Å². The lowest BCUT2D eigenvalue weighted by molar-refractivity contribution is 0.0692. The summed E-state index contributed by atoms with van der Waals surface area (Å²) in [5, 5.41) is 6.60. The number of carbonyl (C=O) groups excluding carboxylic acids is 1. The van der Waals surface area contributed by atoms with E-state index in [1.165, 1.54) is 11.8 Å². The monoisotopic (exact) mass is 382 g/mol. The molecule has 0 aliphatic carbocycles. The molecule has 1 amide bonds. The van der Waals surface area contributed by atoms with E-state index < -0.39 is 26.2 Å². The first kappa shape index (κ1) is 18.1. The van der Waals surface area contributed by atoms with Gasteiger partial charge in [0.05, 0.1) is 0 Å². The molecule has 0 bridgehead atoms. The minimum absolute atomic E-state index is 0.0238. The van der Waals surface area contributed by atoms with Crippen molar-refractivity contribution in [2.24, 2.45) is 0 Å². The van der Waals surface area contributed by atoms with Gasteiger partial charge in [-0.05, 0) is 19.9 Å². The van der Waals surface area contributed by atoms with Crippen molar-refractivity contribution in [1.29, 1.82) is 0 Å². The zero-order chi connectivity index (χ0) is 19.1. The fourth-order valence-electron chi connectivity index (χ4n) is 2.85. The van der Waals surface area contributed by atoms with Crippen molar-refractivity contribution < 1.29 is 13.2 Å². The Morgan fingerprint density at radius 2 is 1.77 bits per heavy atom. The van der Waals surface area contributed by atoms with Crippen LogP contribution in [0.3, 0.4) is 0 Å². The van der Waals surface area contributed by atoms with E-state index in [4.69, 9.17) is 0 Å². The third-order valence-electron chi connectivity index (χ3n) is 4.12. The first-order valence-electron chi connectivity index (χ1n) is 7.85. The van der Waals surface area contributed by atoms with Crippen LogP contribution in [-0.2, 0) is 10.0 Å². The maximum atomic E-state index is 12.8. The van der Waals surface area contributed by atoms with E-state index in [-0.39, 0.29) is 43.5 Å². The van der Waals surface area contributed by atoms with E-state index in [2.05, 4.69) is 15.2 Å². The third-order valence-corrected chi connectivity index (χ3v) is 6.18. The molecule has 0 unspecified atom stereocenters. The van der Waals surface area contributed by atoms with Gasteiger partial charge in [0.25, 0.3) is 11.5 Å². The summed E-state index contributed by atoms with van der Waals surface area (Å²) in [4.78, 5) is 40.8. The molecule has 0 radical (unpaired) electrons. The number of aromatic nitrogens is 4. The molecule has 2 aromatic rings. The summed E-state index contributed by atoms with van der Waals surface area (Å²) in [5.41, 5.74) is -0.730. The molecule has 2 aromatic heterocycles. The quantitative estimate of drug-likeness (QED) is 0.590. The van der Waals surface area contributed by atoms with E-state index in [1.807, 2.05) is 4.98 Å². The molecule has 11 nitrogen and oxygen atoms in total. The number of aryl methyl sites for hydroxylation is 2. The number of piperazine rings is 1. The summed E-state index contributed by atoms with van der Waals surface area (Å²) < 4.78 is 26.6. The Morgan fingerprint density at radius 3 is 2.31 bits per heavy atom. The molecule has 0 aromatic carbocycles. The largest absolute Gasteiger partial charge is 0.335 e. The maximum absolute atomic E-state index is 12.8. The highest BCUT2D eigenvalue weighted by atomic mass is 32.2. The molecule has 0 saturated carbocycles. The van der Waals surface area contributed by atoms with Crippen LogP contribution in [0.4, 0.5) is 0 Å². The molecule has 3 heterocycles. The van der Waals surface area contributed by atoms with Crippen LogP contribution >= 0.6 is 0 Å². The van der Waals surface area contributed by atoms with Gasteiger partial charge in [-0.1, -0.05) is 0 Å². The molecule has 3 rings (SSSR count). The van der Waals surface area contributed by atoms with Crippen LogP contribution in [0.25, 0.3) is 0 Å². The number of rotatable bonds is 3. The normalized spacial score (nSPS) is 16.0. The van der Waals surface area contributed by atoms with Crippen LogP contribution in [0.2, 0.25) is 0 Å². The Labute approximate surface area is 148 Å². The summed E-state index contributed by atoms with van der Waals surface area (Å²) in [5.74, 6) is -0.288. The summed E-state index contributed by atoms with van der Waals surface area (Å²) in [6.45, 7) is 3.54.